The molecule has 0 saturated carbocycles. The van der Waals surface area contributed by atoms with Crippen LogP contribution in [0.4, 0.5) is 4.79 Å². The molecule has 1 aliphatic rings. The molecular formula is C57H88N8O14. The van der Waals surface area contributed by atoms with Crippen molar-refractivity contribution in [2.24, 2.45) is 5.41 Å². The van der Waals surface area contributed by atoms with Gasteiger partial charge in [0.1, 0.15) is 41.0 Å². The molecule has 2 rings (SSSR count). The van der Waals surface area contributed by atoms with Gasteiger partial charge < -0.3 is 45.7 Å². The van der Waals surface area contributed by atoms with Crippen LogP contribution in [-0.2, 0) is 67.6 Å². The number of rotatable bonds is 26. The number of amides is 9. The van der Waals surface area contributed by atoms with Gasteiger partial charge in [0.05, 0.1) is 0 Å². The lowest BCUT2D eigenvalue weighted by Gasteiger charge is -2.42. The number of carbonyl (C=O) groups excluding carboxylic acids is 11. The third-order valence-electron chi connectivity index (χ3n) is 12.1. The smallest absolute Gasteiger partial charge is 0.410 e. The van der Waals surface area contributed by atoms with Crippen LogP contribution in [0.15, 0.2) is 54.1 Å². The predicted molar refractivity (Wildman–Crippen MR) is 295 cm³/mol. The first-order chi connectivity index (χ1) is 36.2. The van der Waals surface area contributed by atoms with Crippen molar-refractivity contribution in [3.05, 3.63) is 59.7 Å². The summed E-state index contributed by atoms with van der Waals surface area (Å²) in [6, 6.07) is 4.56. The van der Waals surface area contributed by atoms with E-state index in [1.165, 1.54) is 36.9 Å². The fourth-order valence-electron chi connectivity index (χ4n) is 7.94. The zero-order chi connectivity index (χ0) is 60.4. The number of hydrogen-bond acceptors (Lipinski definition) is 14. The van der Waals surface area contributed by atoms with Gasteiger partial charge >= 0.3 is 18.0 Å². The topological polar surface area (TPSA) is 285 Å². The molecule has 440 valence electrons. The molecule has 5 N–H and O–H groups in total. The Labute approximate surface area is 466 Å². The fourth-order valence-corrected chi connectivity index (χ4v) is 7.94. The van der Waals surface area contributed by atoms with Gasteiger partial charge in [0.25, 0.3) is 11.8 Å². The van der Waals surface area contributed by atoms with Gasteiger partial charge in [-0.05, 0) is 99.5 Å². The number of nitrogens with zero attached hydrogens (tertiary/aromatic N) is 3. The van der Waals surface area contributed by atoms with Crippen molar-refractivity contribution >= 4 is 65.3 Å². The summed E-state index contributed by atoms with van der Waals surface area (Å²) in [4.78, 5) is 148. The summed E-state index contributed by atoms with van der Waals surface area (Å²) < 4.78 is 16.7. The molecule has 1 aromatic rings. The van der Waals surface area contributed by atoms with E-state index in [4.69, 9.17) is 14.2 Å². The number of imide groups is 1. The summed E-state index contributed by atoms with van der Waals surface area (Å²) in [6.07, 6.45) is 2.38. The highest BCUT2D eigenvalue weighted by Gasteiger charge is 2.45. The van der Waals surface area contributed by atoms with E-state index in [2.05, 4.69) is 26.6 Å². The average molecular weight is 1110 g/mol. The van der Waals surface area contributed by atoms with Crippen molar-refractivity contribution in [2.45, 2.75) is 189 Å². The van der Waals surface area contributed by atoms with Crippen molar-refractivity contribution in [3.63, 3.8) is 0 Å². The molecule has 1 aliphatic heterocycles. The lowest BCUT2D eigenvalue weighted by Crippen LogP contribution is -2.62. The Kier molecular flexibility index (Phi) is 25.1. The van der Waals surface area contributed by atoms with Gasteiger partial charge in [0, 0.05) is 82.7 Å². The van der Waals surface area contributed by atoms with Crippen LogP contribution >= 0.6 is 0 Å². The highest BCUT2D eigenvalue weighted by atomic mass is 16.6. The summed E-state index contributed by atoms with van der Waals surface area (Å²) in [5, 5.41) is 13.5. The minimum absolute atomic E-state index is 0.00895. The van der Waals surface area contributed by atoms with Gasteiger partial charge in [-0.3, -0.25) is 48.2 Å². The zero-order valence-corrected chi connectivity index (χ0v) is 49.6. The number of ether oxygens (including phenoxy) is 3. The number of nitrogens with one attached hydrogen (secondary N) is 5. The van der Waals surface area contributed by atoms with Crippen LogP contribution < -0.4 is 26.6 Å². The van der Waals surface area contributed by atoms with Crippen molar-refractivity contribution in [3.8, 4) is 0 Å². The molecule has 22 heteroatoms. The first-order valence-electron chi connectivity index (χ1n) is 26.6. The molecule has 0 aliphatic carbocycles. The Morgan fingerprint density at radius 3 is 1.58 bits per heavy atom. The molecule has 1 heterocycles. The van der Waals surface area contributed by atoms with Crippen molar-refractivity contribution in [1.82, 2.24) is 41.3 Å². The summed E-state index contributed by atoms with van der Waals surface area (Å²) in [6.45, 7) is 25.5. The van der Waals surface area contributed by atoms with Crippen LogP contribution in [0.3, 0.4) is 0 Å². The Hall–Kier alpha value is -7.13. The highest BCUT2D eigenvalue weighted by Crippen LogP contribution is 2.32. The van der Waals surface area contributed by atoms with Crippen LogP contribution in [0.5, 0.6) is 0 Å². The number of carbonyl (C=O) groups is 11. The maximum absolute atomic E-state index is 14.5. The molecule has 1 unspecified atom stereocenters. The maximum atomic E-state index is 14.5. The highest BCUT2D eigenvalue weighted by molar-refractivity contribution is 6.12. The van der Waals surface area contributed by atoms with Crippen LogP contribution in [0, 0.1) is 5.41 Å². The first kappa shape index (κ1) is 68.0. The molecule has 4 atom stereocenters. The largest absolute Gasteiger partial charge is 0.458 e. The molecule has 0 fully saturated rings. The van der Waals surface area contributed by atoms with Gasteiger partial charge in [-0.25, -0.2) is 14.4 Å². The first-order valence-corrected chi connectivity index (χ1v) is 26.6. The lowest BCUT2D eigenvalue weighted by molar-refractivity contribution is -0.159. The second-order valence-electron chi connectivity index (χ2n) is 24.3. The Balaban J connectivity index is 2.10. The molecule has 22 nitrogen and oxygen atoms in total. The van der Waals surface area contributed by atoms with Gasteiger partial charge in [0.2, 0.25) is 35.4 Å². The van der Waals surface area contributed by atoms with E-state index < -0.39 is 117 Å². The molecule has 79 heavy (non-hydrogen) atoms. The van der Waals surface area contributed by atoms with E-state index in [1.54, 1.807) is 83.1 Å². The standard InChI is InChI=1S/C57H88N8O14/c1-36(31-34-63(16)49(73)45(53(2,3)4)62-48(72)46(64(17)52(76)79-56(11,12)13)57(14,15)37-22-19-18-20-23-37)47(71)61-39(51(75)78-55(8,9)10)26-28-40(66)58-32-21-24-42(68)60-38(50(74)77-54(5,6)7)25-27-41(67)59-33-35-65-43(69)29-30-44(65)70/h18-20,22-23,29-31,38-39,45-46H,21,24-28,32-35H2,1-17H3,(H,58,66)(H,59,67)(H,60,68)(H,61,71)(H,62,72)/b36-31+/t38-,39-,45?,46-/m1/s1. The van der Waals surface area contributed by atoms with E-state index in [-0.39, 0.29) is 70.3 Å². The third kappa shape index (κ3) is 23.8. The molecule has 0 radical (unpaired) electrons. The minimum Gasteiger partial charge on any atom is -0.458 e. The second-order valence-corrected chi connectivity index (χ2v) is 24.3. The molecule has 0 aromatic heterocycles. The van der Waals surface area contributed by atoms with E-state index in [9.17, 15) is 52.7 Å². The van der Waals surface area contributed by atoms with Crippen LogP contribution in [-0.4, -0.2) is 161 Å². The molecule has 0 saturated heterocycles. The average Bonchev–Trinajstić information content (AvgIpc) is 3.64. The SMILES string of the molecule is C/C(=C\CN(C)C(=O)C(NC(=O)[C@@H](N(C)C(=O)OC(C)(C)C)C(C)(C)c1ccccc1)C(C)(C)C)C(=O)N[C@H](CCC(=O)NCCCC(=O)N[C@H](CCC(=O)NCCN1C(=O)C=CC1=O)C(=O)OC(C)(C)C)C(=O)OC(C)(C)C. The van der Waals surface area contributed by atoms with Crippen molar-refractivity contribution in [2.75, 3.05) is 40.3 Å². The van der Waals surface area contributed by atoms with Gasteiger partial charge in [0.15, 0.2) is 0 Å². The minimum atomic E-state index is -1.26. The summed E-state index contributed by atoms with van der Waals surface area (Å²) in [7, 11) is 3.00. The number of hydrogen-bond donors (Lipinski definition) is 5. The molecule has 0 spiro atoms. The van der Waals surface area contributed by atoms with E-state index >= 15 is 0 Å². The van der Waals surface area contributed by atoms with Gasteiger partial charge in [-0.1, -0.05) is 71.0 Å². The monoisotopic (exact) mass is 1110 g/mol. The van der Waals surface area contributed by atoms with E-state index in [1.807, 2.05) is 44.2 Å². The Morgan fingerprint density at radius 2 is 1.10 bits per heavy atom. The molecule has 0 bridgehead atoms. The van der Waals surface area contributed by atoms with Crippen LogP contribution in [0.1, 0.15) is 148 Å². The maximum Gasteiger partial charge on any atom is 0.410 e. The number of likely N-dealkylation sites (N-methyl/N-ethyl adjacent to an activating group) is 2. The summed E-state index contributed by atoms with van der Waals surface area (Å²) >= 11 is 0. The molecular weight excluding hydrogens is 1020 g/mol. The zero-order valence-electron chi connectivity index (χ0n) is 49.6. The number of benzene rings is 1. The van der Waals surface area contributed by atoms with E-state index in [0.29, 0.717) is 0 Å². The van der Waals surface area contributed by atoms with Gasteiger partial charge in [-0.2, -0.15) is 0 Å². The number of esters is 2. The summed E-state index contributed by atoms with van der Waals surface area (Å²) in [5.41, 5.74) is -3.57. The Bertz CT molecular complexity index is 2410. The second kappa shape index (κ2) is 29.2. The Morgan fingerprint density at radius 1 is 0.620 bits per heavy atom. The summed E-state index contributed by atoms with van der Waals surface area (Å²) in [5.74, 6) is -5.78. The van der Waals surface area contributed by atoms with Gasteiger partial charge in [-0.15, -0.1) is 0 Å². The predicted octanol–water partition coefficient (Wildman–Crippen LogP) is 4.29. The molecule has 1 aromatic carbocycles. The van der Waals surface area contributed by atoms with Crippen molar-refractivity contribution in [1.29, 1.82) is 0 Å². The quantitative estimate of drug-likeness (QED) is 0.0285. The lowest BCUT2D eigenvalue weighted by atomic mass is 9.76. The molecule has 9 amide bonds. The van der Waals surface area contributed by atoms with Crippen molar-refractivity contribution < 1.29 is 67.0 Å². The van der Waals surface area contributed by atoms with Crippen LogP contribution in [0.2, 0.25) is 0 Å². The van der Waals surface area contributed by atoms with E-state index in [0.717, 1.165) is 22.6 Å². The fraction of sp³-hybridized carbons (Fsp3) is 0.632. The third-order valence-corrected chi connectivity index (χ3v) is 12.1. The van der Waals surface area contributed by atoms with Crippen LogP contribution in [0.25, 0.3) is 0 Å². The normalized spacial score (nSPS) is 14.7.